The number of carbonyl (C=O) groups is 2. The van der Waals surface area contributed by atoms with Crippen LogP contribution in [-0.4, -0.2) is 17.2 Å². The van der Waals surface area contributed by atoms with Gasteiger partial charge in [-0.15, -0.1) is 0 Å². The zero-order chi connectivity index (χ0) is 25.6. The van der Waals surface area contributed by atoms with Crippen molar-refractivity contribution in [3.63, 3.8) is 0 Å². The molecule has 0 N–H and O–H groups in total. The van der Waals surface area contributed by atoms with Gasteiger partial charge in [-0.3, -0.25) is 9.59 Å². The van der Waals surface area contributed by atoms with Crippen molar-refractivity contribution in [2.24, 2.45) is 45.3 Å². The second-order valence-corrected chi connectivity index (χ2v) is 13.9. The quantitative estimate of drug-likeness (QED) is 0.430. The van der Waals surface area contributed by atoms with Crippen LogP contribution in [0, 0.1) is 68.2 Å². The van der Waals surface area contributed by atoms with E-state index in [-0.39, 0.29) is 51.6 Å². The van der Waals surface area contributed by atoms with Crippen LogP contribution >= 0.6 is 0 Å². The highest BCUT2D eigenvalue weighted by molar-refractivity contribution is 6.04. The molecule has 3 saturated carbocycles. The van der Waals surface area contributed by atoms with Gasteiger partial charge in [0.05, 0.1) is 5.57 Å². The Morgan fingerprint density at radius 2 is 1.66 bits per heavy atom. The number of allylic oxidation sites excluding steroid dienone is 4. The molecule has 5 aliphatic rings. The summed E-state index contributed by atoms with van der Waals surface area (Å²) in [7, 11) is 0. The third kappa shape index (κ3) is 3.09. The number of nitrogens with zero attached hydrogens (tertiary/aromatic N) is 2. The summed E-state index contributed by atoms with van der Waals surface area (Å²) in [6.07, 6.45) is 12.0. The van der Waals surface area contributed by atoms with Gasteiger partial charge in [-0.05, 0) is 73.7 Å². The monoisotopic (exact) mass is 474 g/mol. The van der Waals surface area contributed by atoms with Crippen molar-refractivity contribution in [1.82, 2.24) is 0 Å². The minimum Gasteiger partial charge on any atom is -0.421 e. The van der Waals surface area contributed by atoms with E-state index in [1.54, 1.807) is 0 Å². The van der Waals surface area contributed by atoms with Crippen LogP contribution < -0.4 is 0 Å². The lowest BCUT2D eigenvalue weighted by Gasteiger charge is -2.64. The minimum absolute atomic E-state index is 0.0342. The van der Waals surface area contributed by atoms with E-state index in [0.717, 1.165) is 50.5 Å². The Bertz CT molecular complexity index is 1150. The number of fused-ring (bicyclic) bond motifs is 7. The molecular weight excluding hydrogens is 436 g/mol. The van der Waals surface area contributed by atoms with Crippen molar-refractivity contribution in [2.75, 3.05) is 0 Å². The fourth-order valence-corrected chi connectivity index (χ4v) is 9.49. The molecule has 0 heterocycles. The van der Waals surface area contributed by atoms with Crippen LogP contribution in [-0.2, 0) is 14.3 Å². The first kappa shape index (κ1) is 24.3. The third-order valence-corrected chi connectivity index (χ3v) is 11.2. The fraction of sp³-hybridized carbons (Fsp3) is 0.733. The lowest BCUT2D eigenvalue weighted by atomic mass is 9.39. The Balaban J connectivity index is 1.65. The van der Waals surface area contributed by atoms with Crippen molar-refractivity contribution >= 4 is 11.6 Å². The van der Waals surface area contributed by atoms with Crippen LogP contribution in [0.15, 0.2) is 23.3 Å². The summed E-state index contributed by atoms with van der Waals surface area (Å²) in [5.41, 5.74) is -0.403. The Morgan fingerprint density at radius 1 is 0.943 bits per heavy atom. The average molecular weight is 475 g/mol. The van der Waals surface area contributed by atoms with E-state index >= 15 is 0 Å². The molecule has 5 heteroatoms. The van der Waals surface area contributed by atoms with Gasteiger partial charge in [-0.2, -0.15) is 10.5 Å². The molecule has 7 unspecified atom stereocenters. The zero-order valence-corrected chi connectivity index (χ0v) is 22.0. The number of nitriles is 2. The number of hydrogen-bond acceptors (Lipinski definition) is 5. The third-order valence-electron chi connectivity index (χ3n) is 11.2. The molecule has 0 aromatic carbocycles. The van der Waals surface area contributed by atoms with E-state index in [1.165, 1.54) is 0 Å². The lowest BCUT2D eigenvalue weighted by molar-refractivity contribution is -0.169. The number of carbonyl (C=O) groups excluding carboxylic acids is 2. The van der Waals surface area contributed by atoms with Gasteiger partial charge in [0.15, 0.2) is 11.6 Å². The second-order valence-electron chi connectivity index (χ2n) is 13.9. The van der Waals surface area contributed by atoms with Gasteiger partial charge in [0.1, 0.15) is 11.7 Å². The van der Waals surface area contributed by atoms with Gasteiger partial charge in [-0.25, -0.2) is 0 Å². The van der Waals surface area contributed by atoms with Crippen molar-refractivity contribution in [3.05, 3.63) is 23.3 Å². The maximum absolute atomic E-state index is 14.1. The van der Waals surface area contributed by atoms with E-state index < -0.39 is 16.4 Å². The van der Waals surface area contributed by atoms with E-state index in [0.29, 0.717) is 0 Å². The molecule has 5 rings (SSSR count). The summed E-state index contributed by atoms with van der Waals surface area (Å²) < 4.78 is 5.86. The van der Waals surface area contributed by atoms with Gasteiger partial charge in [-0.1, -0.05) is 53.2 Å². The smallest absolute Gasteiger partial charge is 0.286 e. The Morgan fingerprint density at radius 3 is 2.31 bits per heavy atom. The summed E-state index contributed by atoms with van der Waals surface area (Å²) >= 11 is 0. The predicted molar refractivity (Wildman–Crippen MR) is 131 cm³/mol. The fourth-order valence-electron chi connectivity index (χ4n) is 9.49. The first-order valence-corrected chi connectivity index (χ1v) is 13.3. The Labute approximate surface area is 209 Å². The summed E-state index contributed by atoms with van der Waals surface area (Å²) in [5.74, 6) is 0.199. The van der Waals surface area contributed by atoms with Gasteiger partial charge >= 0.3 is 0 Å². The molecule has 0 saturated heterocycles. The maximum Gasteiger partial charge on any atom is 0.286 e. The summed E-state index contributed by atoms with van der Waals surface area (Å²) in [6.45, 7) is 12.9. The first-order chi connectivity index (χ1) is 16.3. The van der Waals surface area contributed by atoms with Crippen LogP contribution in [0.4, 0.5) is 0 Å². The normalized spacial score (nSPS) is 45.3. The molecule has 0 radical (unpaired) electrons. The summed E-state index contributed by atoms with van der Waals surface area (Å²) in [4.78, 5) is 27.2. The van der Waals surface area contributed by atoms with Gasteiger partial charge in [0.25, 0.3) is 6.26 Å². The van der Waals surface area contributed by atoms with Crippen molar-refractivity contribution in [1.29, 1.82) is 10.5 Å². The van der Waals surface area contributed by atoms with Crippen LogP contribution in [0.25, 0.3) is 0 Å². The van der Waals surface area contributed by atoms with Crippen LogP contribution in [0.1, 0.15) is 86.5 Å². The van der Waals surface area contributed by atoms with Crippen LogP contribution in [0.2, 0.25) is 0 Å². The number of hydrogen-bond donors (Lipinski definition) is 0. The molecule has 5 nitrogen and oxygen atoms in total. The van der Waals surface area contributed by atoms with Crippen molar-refractivity contribution in [3.8, 4) is 12.3 Å². The molecule has 0 spiro atoms. The Hall–Kier alpha value is -2.40. The lowest BCUT2D eigenvalue weighted by Crippen LogP contribution is -2.62. The van der Waals surface area contributed by atoms with E-state index in [9.17, 15) is 20.1 Å². The second kappa shape index (κ2) is 7.32. The molecule has 0 amide bonds. The predicted octanol–water partition coefficient (Wildman–Crippen LogP) is 6.07. The van der Waals surface area contributed by atoms with E-state index in [2.05, 4.69) is 33.8 Å². The van der Waals surface area contributed by atoms with E-state index in [1.807, 2.05) is 32.3 Å². The van der Waals surface area contributed by atoms with Crippen molar-refractivity contribution < 1.29 is 14.3 Å². The van der Waals surface area contributed by atoms with Crippen molar-refractivity contribution in [2.45, 2.75) is 92.1 Å². The largest absolute Gasteiger partial charge is 0.421 e. The molecule has 0 aliphatic heterocycles. The number of ketones is 2. The topological polar surface area (TPSA) is 90.9 Å². The minimum atomic E-state index is -0.646. The summed E-state index contributed by atoms with van der Waals surface area (Å²) in [5, 5.41) is 19.3. The SMILES string of the molecule is CC1(C)CCC2(OC#N)CCC3C(C(=O)C=C4C5(C)C=C(C#N)C(=O)C(C)(C)C5CCC43C)C2C1. The van der Waals surface area contributed by atoms with Gasteiger partial charge in [0, 0.05) is 22.7 Å². The first-order valence-electron chi connectivity index (χ1n) is 13.3. The van der Waals surface area contributed by atoms with Gasteiger partial charge < -0.3 is 4.74 Å². The molecule has 0 bridgehead atoms. The standard InChI is InChI=1S/C30H38N2O3/c1-26(2)11-12-30(35-17-32)10-7-19-24(20(30)15-26)21(33)13-23-28(19,5)9-8-22-27(3,4)25(34)18(16-31)14-29(22,23)6/h13-14,19-20,22,24H,7-12,15H2,1-6H3. The molecule has 3 fully saturated rings. The molecule has 0 aromatic heterocycles. The van der Waals surface area contributed by atoms with Crippen LogP contribution in [0.3, 0.4) is 0 Å². The highest BCUT2D eigenvalue weighted by Crippen LogP contribution is 2.69. The molecule has 0 aromatic rings. The zero-order valence-electron chi connectivity index (χ0n) is 22.0. The number of ether oxygens (including phenoxy) is 1. The summed E-state index contributed by atoms with van der Waals surface area (Å²) in [6, 6.07) is 2.16. The number of Topliss-reactive ketones (excluding diaryl/α,β-unsaturated/α-hetero) is 1. The maximum atomic E-state index is 14.1. The van der Waals surface area contributed by atoms with Gasteiger partial charge in [0.2, 0.25) is 0 Å². The molecule has 186 valence electrons. The molecule has 35 heavy (non-hydrogen) atoms. The molecule has 7 atom stereocenters. The van der Waals surface area contributed by atoms with Crippen LogP contribution in [0.5, 0.6) is 0 Å². The van der Waals surface area contributed by atoms with E-state index in [4.69, 9.17) is 4.74 Å². The average Bonchev–Trinajstić information content (AvgIpc) is 2.78. The Kier molecular flexibility index (Phi) is 5.08. The highest BCUT2D eigenvalue weighted by atomic mass is 16.5. The molecule has 5 aliphatic carbocycles. The molecular formula is C30H38N2O3. The highest BCUT2D eigenvalue weighted by Gasteiger charge is 2.66. The number of rotatable bonds is 1.